The Morgan fingerprint density at radius 3 is 2.65 bits per heavy atom. The van der Waals surface area contributed by atoms with Gasteiger partial charge in [0.25, 0.3) is 0 Å². The van der Waals surface area contributed by atoms with E-state index in [2.05, 4.69) is 36.3 Å². The maximum absolute atomic E-state index is 13.0. The Balaban J connectivity index is 1.88. The molecule has 2 unspecified atom stereocenters. The molecule has 0 aliphatic rings. The largest absolute Gasteiger partial charge is 0.386 e. The average Bonchev–Trinajstić information content (AvgIpc) is 2.83. The van der Waals surface area contributed by atoms with Gasteiger partial charge in [-0.1, -0.05) is 12.1 Å². The molecule has 0 saturated heterocycles. The molecule has 0 saturated carbocycles. The maximum atomic E-state index is 13.0. The first kappa shape index (κ1) is 15.8. The molecule has 0 fully saturated rings. The molecule has 3 aromatic rings. The quantitative estimate of drug-likeness (QED) is 0.728. The van der Waals surface area contributed by atoms with Crippen LogP contribution in [0.15, 0.2) is 35.2 Å². The minimum absolute atomic E-state index is 0.335. The number of hydrogen-bond donors (Lipinski definition) is 2. The van der Waals surface area contributed by atoms with Crippen LogP contribution in [0, 0.1) is 5.82 Å². The second-order valence-corrected chi connectivity index (χ2v) is 6.02. The fourth-order valence-corrected chi connectivity index (χ4v) is 3.00. The van der Waals surface area contributed by atoms with Crippen molar-refractivity contribution in [1.82, 2.24) is 19.7 Å². The predicted molar refractivity (Wildman–Crippen MR) is 88.4 cm³/mol. The first-order valence-electron chi connectivity index (χ1n) is 7.00. The number of nitrogens with zero attached hydrogens (tertiary/aromatic N) is 4. The van der Waals surface area contributed by atoms with Crippen LogP contribution >= 0.6 is 15.9 Å². The lowest BCUT2D eigenvalue weighted by Crippen LogP contribution is -2.24. The highest BCUT2D eigenvalue weighted by Gasteiger charge is 2.20. The first-order chi connectivity index (χ1) is 11.0. The Morgan fingerprint density at radius 1 is 1.26 bits per heavy atom. The van der Waals surface area contributed by atoms with Gasteiger partial charge in [-0.15, -0.1) is 0 Å². The fourth-order valence-electron chi connectivity index (χ4n) is 2.39. The lowest BCUT2D eigenvalue weighted by atomic mass is 10.0. The summed E-state index contributed by atoms with van der Waals surface area (Å²) in [5.41, 5.74) is 1.31. The number of benzene rings is 1. The number of aryl methyl sites for hydroxylation is 1. The van der Waals surface area contributed by atoms with Crippen molar-refractivity contribution in [2.24, 2.45) is 7.05 Å². The first-order valence-corrected chi connectivity index (χ1v) is 7.80. The molecule has 0 spiro atoms. The van der Waals surface area contributed by atoms with Crippen LogP contribution in [0.25, 0.3) is 11.0 Å². The van der Waals surface area contributed by atoms with Gasteiger partial charge in [0, 0.05) is 7.05 Å². The monoisotopic (exact) mass is 379 g/mol. The zero-order valence-corrected chi connectivity index (χ0v) is 14.1. The van der Waals surface area contributed by atoms with Crippen LogP contribution in [-0.4, -0.2) is 30.9 Å². The summed E-state index contributed by atoms with van der Waals surface area (Å²) in [5.74, 6) is 0.238. The van der Waals surface area contributed by atoms with Gasteiger partial charge in [-0.25, -0.2) is 19.0 Å². The van der Waals surface area contributed by atoms with Crippen LogP contribution in [0.2, 0.25) is 0 Å². The molecule has 2 aromatic heterocycles. The fraction of sp³-hybridized carbons (Fsp3) is 0.267. The SMILES string of the molecule is CC(Nc1ncnc2c1c(Br)nn2C)C(O)c1ccc(F)cc1. The van der Waals surface area contributed by atoms with Crippen molar-refractivity contribution < 1.29 is 9.50 Å². The molecule has 6 nitrogen and oxygen atoms in total. The third-order valence-corrected chi connectivity index (χ3v) is 4.18. The molecule has 23 heavy (non-hydrogen) atoms. The Labute approximate surface area is 140 Å². The second kappa shape index (κ2) is 6.21. The topological polar surface area (TPSA) is 75.9 Å². The zero-order chi connectivity index (χ0) is 16.6. The van der Waals surface area contributed by atoms with Crippen molar-refractivity contribution in [3.05, 3.63) is 46.6 Å². The van der Waals surface area contributed by atoms with Crippen LogP contribution in [0.3, 0.4) is 0 Å². The lowest BCUT2D eigenvalue weighted by Gasteiger charge is -2.21. The summed E-state index contributed by atoms with van der Waals surface area (Å²) in [7, 11) is 1.79. The third kappa shape index (κ3) is 3.04. The van der Waals surface area contributed by atoms with Gasteiger partial charge in [0.05, 0.1) is 17.5 Å². The highest BCUT2D eigenvalue weighted by molar-refractivity contribution is 9.10. The molecule has 0 aliphatic carbocycles. The van der Waals surface area contributed by atoms with Crippen LogP contribution < -0.4 is 5.32 Å². The van der Waals surface area contributed by atoms with Crippen LogP contribution in [0.5, 0.6) is 0 Å². The molecule has 0 amide bonds. The zero-order valence-electron chi connectivity index (χ0n) is 12.5. The molecular weight excluding hydrogens is 365 g/mol. The molecule has 2 N–H and O–H groups in total. The van der Waals surface area contributed by atoms with E-state index in [0.717, 1.165) is 5.39 Å². The Bertz CT molecular complexity index is 836. The van der Waals surface area contributed by atoms with Crippen molar-refractivity contribution in [2.75, 3.05) is 5.32 Å². The molecule has 2 atom stereocenters. The summed E-state index contributed by atoms with van der Waals surface area (Å²) >= 11 is 3.39. The van der Waals surface area contributed by atoms with E-state index in [4.69, 9.17) is 0 Å². The number of aliphatic hydroxyl groups is 1. The van der Waals surface area contributed by atoms with Crippen molar-refractivity contribution in [2.45, 2.75) is 19.1 Å². The number of aromatic nitrogens is 4. The molecule has 2 heterocycles. The normalized spacial score (nSPS) is 14.0. The van der Waals surface area contributed by atoms with Gasteiger partial charge in [-0.3, -0.25) is 0 Å². The standard InChI is InChI=1S/C15H15BrFN5O/c1-8(12(23)9-3-5-10(17)6-4-9)20-14-11-13(16)21-22(2)15(11)19-7-18-14/h3-8,12,23H,1-2H3,(H,18,19,20). The van der Waals surface area contributed by atoms with Gasteiger partial charge >= 0.3 is 0 Å². The van der Waals surface area contributed by atoms with Gasteiger partial charge in [-0.2, -0.15) is 5.10 Å². The van der Waals surface area contributed by atoms with Crippen molar-refractivity contribution in [1.29, 1.82) is 0 Å². The van der Waals surface area contributed by atoms with Crippen molar-refractivity contribution in [3.63, 3.8) is 0 Å². The highest BCUT2D eigenvalue weighted by Crippen LogP contribution is 2.28. The number of nitrogens with one attached hydrogen (secondary N) is 1. The number of rotatable bonds is 4. The van der Waals surface area contributed by atoms with E-state index < -0.39 is 6.10 Å². The van der Waals surface area contributed by atoms with Gasteiger partial charge in [-0.05, 0) is 40.5 Å². The molecule has 8 heteroatoms. The van der Waals surface area contributed by atoms with E-state index in [1.54, 1.807) is 23.9 Å². The van der Waals surface area contributed by atoms with Crippen molar-refractivity contribution >= 4 is 32.8 Å². The van der Waals surface area contributed by atoms with E-state index in [1.807, 2.05) is 6.92 Å². The number of fused-ring (bicyclic) bond motifs is 1. The average molecular weight is 380 g/mol. The summed E-state index contributed by atoms with van der Waals surface area (Å²) in [5, 5.41) is 18.6. The Morgan fingerprint density at radius 2 is 1.96 bits per heavy atom. The maximum Gasteiger partial charge on any atom is 0.164 e. The molecule has 0 radical (unpaired) electrons. The molecular formula is C15H15BrFN5O. The summed E-state index contributed by atoms with van der Waals surface area (Å²) in [6.07, 6.45) is 0.631. The number of aliphatic hydroxyl groups excluding tert-OH is 1. The predicted octanol–water partition coefficient (Wildman–Crippen LogP) is 2.80. The van der Waals surface area contributed by atoms with Gasteiger partial charge in [0.15, 0.2) is 5.65 Å². The van der Waals surface area contributed by atoms with Crippen LogP contribution in [0.4, 0.5) is 10.2 Å². The summed E-state index contributed by atoms with van der Waals surface area (Å²) < 4.78 is 15.3. The molecule has 3 rings (SSSR count). The number of hydrogen-bond acceptors (Lipinski definition) is 5. The molecule has 0 aliphatic heterocycles. The van der Waals surface area contributed by atoms with Gasteiger partial charge in [0.1, 0.15) is 22.6 Å². The molecule has 0 bridgehead atoms. The van der Waals surface area contributed by atoms with E-state index in [9.17, 15) is 9.50 Å². The third-order valence-electron chi connectivity index (χ3n) is 3.63. The summed E-state index contributed by atoms with van der Waals surface area (Å²) in [6.45, 7) is 1.83. The second-order valence-electron chi connectivity index (χ2n) is 5.26. The van der Waals surface area contributed by atoms with Crippen molar-refractivity contribution in [3.8, 4) is 0 Å². The van der Waals surface area contributed by atoms with E-state index >= 15 is 0 Å². The van der Waals surface area contributed by atoms with Crippen LogP contribution in [0.1, 0.15) is 18.6 Å². The molecule has 1 aromatic carbocycles. The molecule has 120 valence electrons. The van der Waals surface area contributed by atoms with E-state index in [-0.39, 0.29) is 11.9 Å². The highest BCUT2D eigenvalue weighted by atomic mass is 79.9. The van der Waals surface area contributed by atoms with E-state index in [0.29, 0.717) is 21.6 Å². The number of anilines is 1. The van der Waals surface area contributed by atoms with Crippen LogP contribution in [-0.2, 0) is 7.05 Å². The van der Waals surface area contributed by atoms with E-state index in [1.165, 1.54) is 18.5 Å². The minimum Gasteiger partial charge on any atom is -0.386 e. The summed E-state index contributed by atoms with van der Waals surface area (Å²) in [6, 6.07) is 5.44. The Hall–Kier alpha value is -2.06. The van der Waals surface area contributed by atoms with Gasteiger partial charge in [0.2, 0.25) is 0 Å². The summed E-state index contributed by atoms with van der Waals surface area (Å²) in [4.78, 5) is 8.43. The smallest absolute Gasteiger partial charge is 0.164 e. The number of halogens is 2. The lowest BCUT2D eigenvalue weighted by molar-refractivity contribution is 0.160. The Kier molecular flexibility index (Phi) is 4.27. The minimum atomic E-state index is -0.809. The van der Waals surface area contributed by atoms with Gasteiger partial charge < -0.3 is 10.4 Å².